The van der Waals surface area contributed by atoms with Crippen molar-refractivity contribution in [3.63, 3.8) is 0 Å². The third kappa shape index (κ3) is 0.899. The number of hydrogen-bond acceptors (Lipinski definition) is 3. The number of aliphatic imine (C=N–C) groups is 1. The van der Waals surface area contributed by atoms with Crippen LogP contribution in [0.25, 0.3) is 0 Å². The first kappa shape index (κ1) is 4.59. The molecular weight excluding hydrogens is 94.0 g/mol. The van der Waals surface area contributed by atoms with Gasteiger partial charge in [-0.2, -0.15) is 0 Å². The summed E-state index contributed by atoms with van der Waals surface area (Å²) in [4.78, 5) is 3.76. The zero-order chi connectivity index (χ0) is 5.11. The van der Waals surface area contributed by atoms with Crippen LogP contribution in [-0.2, 0) is 9.47 Å². The van der Waals surface area contributed by atoms with Crippen LogP contribution in [0.5, 0.6) is 0 Å². The van der Waals surface area contributed by atoms with Crippen molar-refractivity contribution in [2.75, 3.05) is 13.7 Å². The van der Waals surface area contributed by atoms with Gasteiger partial charge in [-0.3, -0.25) is 4.99 Å². The minimum absolute atomic E-state index is 0.125. The molecule has 1 rings (SSSR count). The van der Waals surface area contributed by atoms with E-state index in [1.54, 1.807) is 7.11 Å². The Morgan fingerprint density at radius 1 is 2.00 bits per heavy atom. The topological polar surface area (TPSA) is 30.8 Å². The largest absolute Gasteiger partial charge is 0.453 e. The van der Waals surface area contributed by atoms with Crippen LogP contribution < -0.4 is 0 Å². The monoisotopic (exact) mass is 101 g/mol. The summed E-state index contributed by atoms with van der Waals surface area (Å²) in [6.07, 6.45) is 1.29. The van der Waals surface area contributed by atoms with Crippen LogP contribution in [-0.4, -0.2) is 26.3 Å². The normalized spacial score (nSPS) is 27.9. The van der Waals surface area contributed by atoms with E-state index in [9.17, 15) is 0 Å². The van der Waals surface area contributed by atoms with Gasteiger partial charge in [-0.05, 0) is 0 Å². The number of nitrogens with zero attached hydrogens (tertiary/aromatic N) is 1. The Hall–Kier alpha value is -0.570. The summed E-state index contributed by atoms with van der Waals surface area (Å²) >= 11 is 0. The average molecular weight is 101 g/mol. The lowest BCUT2D eigenvalue weighted by Gasteiger charge is -2.02. The quantitative estimate of drug-likeness (QED) is 0.466. The van der Waals surface area contributed by atoms with Crippen molar-refractivity contribution >= 4 is 6.40 Å². The first-order valence-electron chi connectivity index (χ1n) is 2.10. The molecule has 0 N–H and O–H groups in total. The lowest BCUT2D eigenvalue weighted by Crippen LogP contribution is -2.11. The summed E-state index contributed by atoms with van der Waals surface area (Å²) < 4.78 is 9.55. The highest BCUT2D eigenvalue weighted by Crippen LogP contribution is 1.96. The van der Waals surface area contributed by atoms with E-state index >= 15 is 0 Å². The van der Waals surface area contributed by atoms with Crippen molar-refractivity contribution < 1.29 is 9.47 Å². The van der Waals surface area contributed by atoms with Crippen molar-refractivity contribution in [2.24, 2.45) is 4.99 Å². The molecule has 0 aromatic heterocycles. The fraction of sp³-hybridized carbons (Fsp3) is 0.750. The fourth-order valence-corrected chi connectivity index (χ4v) is 0.413. The van der Waals surface area contributed by atoms with E-state index < -0.39 is 0 Å². The summed E-state index contributed by atoms with van der Waals surface area (Å²) in [6.45, 7) is 0.635. The molecule has 0 amide bonds. The van der Waals surface area contributed by atoms with Gasteiger partial charge in [-0.1, -0.05) is 0 Å². The smallest absolute Gasteiger partial charge is 0.220 e. The first-order chi connectivity index (χ1) is 3.43. The molecule has 7 heavy (non-hydrogen) atoms. The van der Waals surface area contributed by atoms with Crippen molar-refractivity contribution in [3.05, 3.63) is 0 Å². The van der Waals surface area contributed by atoms with Gasteiger partial charge < -0.3 is 9.47 Å². The molecule has 1 aliphatic rings. The predicted molar refractivity (Wildman–Crippen MR) is 25.2 cm³/mol. The second kappa shape index (κ2) is 1.93. The maximum absolute atomic E-state index is 4.79. The fourth-order valence-electron chi connectivity index (χ4n) is 0.413. The predicted octanol–water partition coefficient (Wildman–Crippen LogP) is 0.0174. The summed E-state index contributed by atoms with van der Waals surface area (Å²) in [5, 5.41) is 0. The Bertz CT molecular complexity index is 73.8. The van der Waals surface area contributed by atoms with E-state index in [2.05, 4.69) is 4.99 Å². The number of hydrogen-bond donors (Lipinski definition) is 0. The highest BCUT2D eigenvalue weighted by Gasteiger charge is 2.08. The Balaban J connectivity index is 2.22. The molecule has 1 unspecified atom stereocenters. The third-order valence-electron chi connectivity index (χ3n) is 0.805. The van der Waals surface area contributed by atoms with Gasteiger partial charge in [0.15, 0.2) is 6.40 Å². The van der Waals surface area contributed by atoms with Crippen LogP contribution in [0, 0.1) is 0 Å². The van der Waals surface area contributed by atoms with Crippen LogP contribution in [0.1, 0.15) is 0 Å². The summed E-state index contributed by atoms with van der Waals surface area (Å²) in [5.41, 5.74) is 0. The van der Waals surface area contributed by atoms with E-state index in [0.717, 1.165) is 0 Å². The van der Waals surface area contributed by atoms with Crippen molar-refractivity contribution in [1.29, 1.82) is 0 Å². The average Bonchev–Trinajstić information content (AvgIpc) is 2.14. The molecule has 1 heterocycles. The van der Waals surface area contributed by atoms with Gasteiger partial charge in [0, 0.05) is 7.11 Å². The Labute approximate surface area is 42.0 Å². The van der Waals surface area contributed by atoms with E-state index in [4.69, 9.17) is 9.47 Å². The summed E-state index contributed by atoms with van der Waals surface area (Å²) in [6, 6.07) is 0. The maximum Gasteiger partial charge on any atom is 0.220 e. The van der Waals surface area contributed by atoms with Crippen molar-refractivity contribution in [1.82, 2.24) is 0 Å². The van der Waals surface area contributed by atoms with E-state index in [0.29, 0.717) is 6.54 Å². The minimum atomic E-state index is -0.125. The molecule has 0 saturated heterocycles. The lowest BCUT2D eigenvalue weighted by molar-refractivity contribution is -0.0370. The van der Waals surface area contributed by atoms with Gasteiger partial charge >= 0.3 is 0 Å². The Morgan fingerprint density at radius 2 is 2.86 bits per heavy atom. The van der Waals surface area contributed by atoms with Gasteiger partial charge in [0.25, 0.3) is 0 Å². The molecule has 40 valence electrons. The number of ether oxygens (including phenoxy) is 2. The van der Waals surface area contributed by atoms with Gasteiger partial charge in [0.1, 0.15) is 6.54 Å². The molecule has 0 aliphatic carbocycles. The molecule has 0 spiro atoms. The van der Waals surface area contributed by atoms with Gasteiger partial charge in [-0.25, -0.2) is 0 Å². The first-order valence-corrected chi connectivity index (χ1v) is 2.10. The highest BCUT2D eigenvalue weighted by molar-refractivity contribution is 5.48. The molecular formula is C4H7NO2. The van der Waals surface area contributed by atoms with Crippen LogP contribution in [0.4, 0.5) is 0 Å². The van der Waals surface area contributed by atoms with Crippen molar-refractivity contribution in [2.45, 2.75) is 6.29 Å². The molecule has 0 saturated carbocycles. The Kier molecular flexibility index (Phi) is 1.26. The molecule has 0 radical (unpaired) electrons. The van der Waals surface area contributed by atoms with Gasteiger partial charge in [-0.15, -0.1) is 0 Å². The molecule has 3 nitrogen and oxygen atoms in total. The van der Waals surface area contributed by atoms with Crippen molar-refractivity contribution in [3.8, 4) is 0 Å². The third-order valence-corrected chi connectivity index (χ3v) is 0.805. The van der Waals surface area contributed by atoms with E-state index in [1.165, 1.54) is 6.40 Å². The van der Waals surface area contributed by atoms with Gasteiger partial charge in [0.2, 0.25) is 6.29 Å². The zero-order valence-corrected chi connectivity index (χ0v) is 4.13. The number of methoxy groups -OCH3 is 1. The lowest BCUT2D eigenvalue weighted by atomic mass is 10.7. The molecule has 0 aromatic carbocycles. The maximum atomic E-state index is 4.79. The van der Waals surface area contributed by atoms with Gasteiger partial charge in [0.05, 0.1) is 0 Å². The summed E-state index contributed by atoms with van der Waals surface area (Å²) in [5.74, 6) is 0. The molecule has 0 bridgehead atoms. The summed E-state index contributed by atoms with van der Waals surface area (Å²) in [7, 11) is 1.60. The number of rotatable bonds is 1. The standard InChI is InChI=1S/C4H7NO2/c1-6-4-2-5-3-7-4/h3-4H,2H2,1H3. The van der Waals surface area contributed by atoms with E-state index in [-0.39, 0.29) is 6.29 Å². The van der Waals surface area contributed by atoms with Crippen LogP contribution in [0.2, 0.25) is 0 Å². The highest BCUT2D eigenvalue weighted by atomic mass is 16.7. The second-order valence-corrected chi connectivity index (χ2v) is 1.27. The SMILES string of the molecule is COC1CN=CO1. The van der Waals surface area contributed by atoms with Crippen LogP contribution >= 0.6 is 0 Å². The second-order valence-electron chi connectivity index (χ2n) is 1.27. The molecule has 1 aliphatic heterocycles. The molecule has 3 heteroatoms. The molecule has 1 atom stereocenters. The van der Waals surface area contributed by atoms with E-state index in [1.807, 2.05) is 0 Å². The Morgan fingerprint density at radius 3 is 3.14 bits per heavy atom. The van der Waals surface area contributed by atoms with Crippen LogP contribution in [0.3, 0.4) is 0 Å². The zero-order valence-electron chi connectivity index (χ0n) is 4.13. The molecule has 0 aromatic rings. The molecule has 0 fully saturated rings. The minimum Gasteiger partial charge on any atom is -0.453 e. The van der Waals surface area contributed by atoms with Crippen LogP contribution in [0.15, 0.2) is 4.99 Å².